The molecule has 0 aromatic heterocycles. The van der Waals surface area contributed by atoms with Gasteiger partial charge in [-0.2, -0.15) is 0 Å². The van der Waals surface area contributed by atoms with E-state index in [2.05, 4.69) is 21.3 Å². The van der Waals surface area contributed by atoms with Crippen LogP contribution >= 0.6 is 0 Å². The first-order chi connectivity index (χ1) is 21.5. The summed E-state index contributed by atoms with van der Waals surface area (Å²) in [6, 6.07) is 3.06. The number of carbonyl (C=O) groups excluding carboxylic acids is 2. The van der Waals surface area contributed by atoms with Crippen molar-refractivity contribution in [1.82, 2.24) is 0 Å². The number of nitrogens with one attached hydrogen (secondary N) is 1. The predicted octanol–water partition coefficient (Wildman–Crippen LogP) is 1.14. The van der Waals surface area contributed by atoms with Crippen molar-refractivity contribution in [3.63, 3.8) is 0 Å². The maximum absolute atomic E-state index is 13.9. The summed E-state index contributed by atoms with van der Waals surface area (Å²) < 4.78 is 53.5. The zero-order chi connectivity index (χ0) is 33.4. The van der Waals surface area contributed by atoms with E-state index >= 15 is 0 Å². The van der Waals surface area contributed by atoms with E-state index in [0.717, 1.165) is 12.1 Å². The van der Waals surface area contributed by atoms with Gasteiger partial charge in [0, 0.05) is 29.4 Å². The first kappa shape index (κ1) is 37.3. The summed E-state index contributed by atoms with van der Waals surface area (Å²) >= 11 is 0. The molecule has 0 spiro atoms. The number of hydrogen-bond acceptors (Lipinski definition) is 12. The molecule has 6 atom stereocenters. The van der Waals surface area contributed by atoms with Crippen molar-refractivity contribution < 1.29 is 67.3 Å². The fourth-order valence-corrected chi connectivity index (χ4v) is 4.00. The minimum absolute atomic E-state index is 0.0769. The lowest BCUT2D eigenvalue weighted by atomic mass is 9.96. The minimum atomic E-state index is -3.17. The lowest BCUT2D eigenvalue weighted by molar-refractivity contribution is -0.271. The van der Waals surface area contributed by atoms with Gasteiger partial charge < -0.3 is 49.4 Å². The number of carboxylic acids is 1. The van der Waals surface area contributed by atoms with Gasteiger partial charge in [0.1, 0.15) is 37.4 Å². The summed E-state index contributed by atoms with van der Waals surface area (Å²) in [5.41, 5.74) is 7.27. The van der Waals surface area contributed by atoms with Gasteiger partial charge in [-0.25, -0.2) is 13.6 Å². The van der Waals surface area contributed by atoms with Crippen LogP contribution in [-0.4, -0.2) is 109 Å². The van der Waals surface area contributed by atoms with Gasteiger partial charge in [-0.1, -0.05) is 5.11 Å². The van der Waals surface area contributed by atoms with E-state index in [9.17, 15) is 43.6 Å². The van der Waals surface area contributed by atoms with Gasteiger partial charge in [-0.3, -0.25) is 9.59 Å². The molecule has 1 aromatic carbocycles. The number of nitrogens with zero attached hydrogens (tertiary/aromatic N) is 3. The Morgan fingerprint density at radius 3 is 2.42 bits per heavy atom. The number of alkyl halides is 2. The molecule has 1 aliphatic heterocycles. The van der Waals surface area contributed by atoms with Crippen LogP contribution in [0.5, 0.6) is 5.75 Å². The molecule has 0 radical (unpaired) electrons. The Bertz CT molecular complexity index is 1230. The molecular weight excluding hydrogens is 610 g/mol. The molecule has 1 saturated heterocycles. The number of rotatable bonds is 20. The highest BCUT2D eigenvalue weighted by molar-refractivity contribution is 5.95. The van der Waals surface area contributed by atoms with Crippen LogP contribution in [0, 0.1) is 18.3 Å². The van der Waals surface area contributed by atoms with E-state index in [0.29, 0.717) is 0 Å². The van der Waals surface area contributed by atoms with Crippen molar-refractivity contribution in [2.45, 2.75) is 56.4 Å². The zero-order valence-corrected chi connectivity index (χ0v) is 23.9. The van der Waals surface area contributed by atoms with Crippen molar-refractivity contribution in [2.24, 2.45) is 11.0 Å². The van der Waals surface area contributed by atoms with E-state index < -0.39 is 72.0 Å². The largest absolute Gasteiger partial charge is 0.479 e. The highest BCUT2D eigenvalue weighted by Gasteiger charge is 2.48. The second kappa shape index (κ2) is 19.5. The van der Waals surface area contributed by atoms with Crippen LogP contribution in [0.2, 0.25) is 0 Å². The van der Waals surface area contributed by atoms with Gasteiger partial charge in [-0.15, -0.1) is 12.3 Å². The lowest BCUT2D eigenvalue weighted by Gasteiger charge is -2.38. The normalized spacial score (nSPS) is 21.8. The van der Waals surface area contributed by atoms with Crippen LogP contribution in [0.15, 0.2) is 23.3 Å². The third-order valence-corrected chi connectivity index (χ3v) is 6.27. The molecule has 5 N–H and O–H groups in total. The maximum atomic E-state index is 13.9. The highest BCUT2D eigenvalue weighted by Crippen LogP contribution is 2.34. The van der Waals surface area contributed by atoms with Gasteiger partial charge >= 0.3 is 5.97 Å². The quantitative estimate of drug-likeness (QED) is 0.0442. The van der Waals surface area contributed by atoms with Crippen molar-refractivity contribution in [3.8, 4) is 18.1 Å². The van der Waals surface area contributed by atoms with Crippen LogP contribution < -0.4 is 10.1 Å². The summed E-state index contributed by atoms with van der Waals surface area (Å²) in [7, 11) is 0. The number of carboxylic acid groups (broad SMARTS) is 1. The number of Topliss-reactive ketones (excluding diaryl/α,β-unsaturated/α-hetero) is 1. The van der Waals surface area contributed by atoms with Gasteiger partial charge in [0.2, 0.25) is 12.2 Å². The van der Waals surface area contributed by atoms with E-state index in [4.69, 9.17) is 35.6 Å². The lowest BCUT2D eigenvalue weighted by Crippen LogP contribution is -2.61. The minimum Gasteiger partial charge on any atom is -0.479 e. The van der Waals surface area contributed by atoms with Gasteiger partial charge in [-0.05, 0) is 30.2 Å². The van der Waals surface area contributed by atoms with Crippen LogP contribution in [0.4, 0.5) is 14.5 Å². The fraction of sp³-hybridized carbons (Fsp3) is 0.593. The number of terminal acetylenes is 1. The van der Waals surface area contributed by atoms with Gasteiger partial charge in [0.15, 0.2) is 11.9 Å². The number of hydrogen-bond donors (Lipinski definition) is 5. The van der Waals surface area contributed by atoms with E-state index in [1.165, 1.54) is 6.07 Å². The molecular formula is C27H34F2N4O12. The van der Waals surface area contributed by atoms with Crippen molar-refractivity contribution in [2.75, 3.05) is 45.1 Å². The topological polar surface area (TPSA) is 239 Å². The monoisotopic (exact) mass is 644 g/mol. The Balaban J connectivity index is 1.97. The number of benzene rings is 1. The fourth-order valence-electron chi connectivity index (χ4n) is 4.00. The van der Waals surface area contributed by atoms with Crippen molar-refractivity contribution >= 4 is 23.3 Å². The summed E-state index contributed by atoms with van der Waals surface area (Å²) in [4.78, 5) is 39.3. The second-order valence-corrected chi connectivity index (χ2v) is 9.51. The molecule has 0 aliphatic carbocycles. The number of carbonyl (C=O) groups is 3. The third-order valence-electron chi connectivity index (χ3n) is 6.27. The molecule has 18 heteroatoms. The summed E-state index contributed by atoms with van der Waals surface area (Å²) in [5, 5.41) is 44.7. The number of ether oxygens (including phenoxy) is 5. The molecule has 1 amide bonds. The average molecular weight is 645 g/mol. The molecule has 0 saturated carbocycles. The standard InChI is InChI=1S/C27H34F2N4O12/c1-2-3-4-15(11-17(34)13-42-9-7-41-8-10-43-14-31-33-30)25(38)32-16-5-6-19(18(12-16)24(28)29)44-27-22(37)20(35)21(36)23(45-27)26(39)40/h1,5-6,12,15,20-24,27,35-37H,3-4,7-11,13-14H2,(H,32,38)(H,39,40). The zero-order valence-electron chi connectivity index (χ0n) is 23.9. The molecule has 45 heavy (non-hydrogen) atoms. The SMILES string of the molecule is C#CCCC(CC(=O)COCCOCCOCN=[N+]=[N-])C(=O)Nc1ccc(OC2OC(C(=O)O)C(O)C(O)C2O)c(C(F)F)c1. The Kier molecular flexibility index (Phi) is 16.1. The number of azide groups is 1. The van der Waals surface area contributed by atoms with E-state index in [1.54, 1.807) is 0 Å². The molecule has 1 fully saturated rings. The molecule has 16 nitrogen and oxygen atoms in total. The van der Waals surface area contributed by atoms with E-state index in [1.807, 2.05) is 0 Å². The number of anilines is 1. The van der Waals surface area contributed by atoms with Gasteiger partial charge in [0.05, 0.1) is 32.0 Å². The Hall–Kier alpha value is -3.92. The molecule has 2 rings (SSSR count). The predicted molar refractivity (Wildman–Crippen MR) is 148 cm³/mol. The molecule has 1 aromatic rings. The molecule has 0 bridgehead atoms. The summed E-state index contributed by atoms with van der Waals surface area (Å²) in [6.45, 7) is 0.192. The molecule has 1 heterocycles. The smallest absolute Gasteiger partial charge is 0.335 e. The van der Waals surface area contributed by atoms with Crippen LogP contribution in [0.1, 0.15) is 31.3 Å². The molecule has 6 unspecified atom stereocenters. The van der Waals surface area contributed by atoms with Gasteiger partial charge in [0.25, 0.3) is 6.43 Å². The second-order valence-electron chi connectivity index (χ2n) is 9.51. The molecule has 248 valence electrons. The number of ketones is 1. The number of aliphatic carboxylic acids is 1. The Morgan fingerprint density at radius 2 is 1.78 bits per heavy atom. The highest BCUT2D eigenvalue weighted by atomic mass is 19.3. The van der Waals surface area contributed by atoms with Crippen molar-refractivity contribution in [1.29, 1.82) is 0 Å². The van der Waals surface area contributed by atoms with Crippen LogP contribution in [0.25, 0.3) is 10.4 Å². The Morgan fingerprint density at radius 1 is 1.09 bits per heavy atom. The summed E-state index contributed by atoms with van der Waals surface area (Å²) in [5.74, 6) is -1.87. The van der Waals surface area contributed by atoms with Crippen molar-refractivity contribution in [3.05, 3.63) is 34.2 Å². The number of aliphatic hydroxyl groups is 3. The Labute approximate surface area is 255 Å². The van der Waals surface area contributed by atoms with E-state index in [-0.39, 0.29) is 64.7 Å². The average Bonchev–Trinajstić information content (AvgIpc) is 3.00. The molecule has 1 aliphatic rings. The first-order valence-electron chi connectivity index (χ1n) is 13.5. The number of aliphatic hydroxyl groups excluding tert-OH is 3. The number of halogens is 2. The van der Waals surface area contributed by atoms with Crippen LogP contribution in [-0.2, 0) is 33.3 Å². The maximum Gasteiger partial charge on any atom is 0.335 e. The number of amides is 1. The summed E-state index contributed by atoms with van der Waals surface area (Å²) in [6.07, 6.45) is -7.79. The first-order valence-corrected chi connectivity index (χ1v) is 13.5. The van der Waals surface area contributed by atoms with Crippen LogP contribution in [0.3, 0.4) is 0 Å². The third kappa shape index (κ3) is 12.2.